The fourth-order valence-corrected chi connectivity index (χ4v) is 1.06. The second kappa shape index (κ2) is 3.63. The van der Waals surface area contributed by atoms with Gasteiger partial charge in [-0.2, -0.15) is 0 Å². The first-order chi connectivity index (χ1) is 5.66. The smallest absolute Gasteiger partial charge is 0.161 e. The molecular weight excluding hydrogens is 154 g/mol. The molecule has 1 heterocycles. The van der Waals surface area contributed by atoms with Gasteiger partial charge < -0.3 is 14.9 Å². The minimum atomic E-state index is -0.0151. The van der Waals surface area contributed by atoms with E-state index in [0.29, 0.717) is 5.92 Å². The van der Waals surface area contributed by atoms with Crippen LogP contribution < -0.4 is 10.5 Å². The maximum atomic E-state index is 5.92. The van der Waals surface area contributed by atoms with Crippen LogP contribution in [0.25, 0.3) is 0 Å². The number of rotatable bonds is 3. The van der Waals surface area contributed by atoms with Gasteiger partial charge in [-0.3, -0.25) is 0 Å². The molecule has 0 aliphatic heterocycles. The average molecular weight is 169 g/mol. The van der Waals surface area contributed by atoms with E-state index in [9.17, 15) is 0 Å². The van der Waals surface area contributed by atoms with Gasteiger partial charge in [-0.15, -0.1) is 0 Å². The highest BCUT2D eigenvalue weighted by atomic mass is 16.5. The lowest BCUT2D eigenvalue weighted by Gasteiger charge is -2.14. The first kappa shape index (κ1) is 9.13. The van der Waals surface area contributed by atoms with E-state index in [1.807, 2.05) is 0 Å². The number of hydrogen-bond acceptors (Lipinski definition) is 3. The van der Waals surface area contributed by atoms with Gasteiger partial charge in [-0.25, -0.2) is 0 Å². The predicted octanol–water partition coefficient (Wildman–Crippen LogP) is 1.94. The molecule has 0 amide bonds. The number of furan rings is 1. The zero-order valence-corrected chi connectivity index (χ0v) is 7.70. The van der Waals surface area contributed by atoms with Crippen LogP contribution in [0.3, 0.4) is 0 Å². The van der Waals surface area contributed by atoms with Crippen molar-refractivity contribution < 1.29 is 9.15 Å². The Bertz CT molecular complexity index is 242. The van der Waals surface area contributed by atoms with Crippen LogP contribution in [0.5, 0.6) is 5.75 Å². The summed E-state index contributed by atoms with van der Waals surface area (Å²) in [5.41, 5.74) is 6.86. The van der Waals surface area contributed by atoms with Gasteiger partial charge in [0.1, 0.15) is 6.26 Å². The van der Waals surface area contributed by atoms with Crippen molar-refractivity contribution in [1.82, 2.24) is 0 Å². The third-order valence-corrected chi connectivity index (χ3v) is 1.95. The first-order valence-electron chi connectivity index (χ1n) is 4.02. The van der Waals surface area contributed by atoms with Crippen molar-refractivity contribution in [1.29, 1.82) is 0 Å². The van der Waals surface area contributed by atoms with Gasteiger partial charge in [0.25, 0.3) is 0 Å². The zero-order valence-electron chi connectivity index (χ0n) is 7.70. The SMILES string of the molecule is COc1cocc1[C@@H](N)C(C)C. The van der Waals surface area contributed by atoms with Crippen molar-refractivity contribution in [2.24, 2.45) is 11.7 Å². The molecule has 0 spiro atoms. The van der Waals surface area contributed by atoms with Gasteiger partial charge >= 0.3 is 0 Å². The zero-order chi connectivity index (χ0) is 9.14. The average Bonchev–Trinajstić information content (AvgIpc) is 2.49. The van der Waals surface area contributed by atoms with Crippen LogP contribution in [-0.4, -0.2) is 7.11 Å². The summed E-state index contributed by atoms with van der Waals surface area (Å²) in [6.45, 7) is 4.13. The molecular formula is C9H15NO2. The van der Waals surface area contributed by atoms with Crippen LogP contribution in [0.15, 0.2) is 16.9 Å². The molecule has 12 heavy (non-hydrogen) atoms. The topological polar surface area (TPSA) is 48.4 Å². The Morgan fingerprint density at radius 2 is 2.08 bits per heavy atom. The van der Waals surface area contributed by atoms with E-state index in [1.165, 1.54) is 0 Å². The molecule has 1 atom stereocenters. The summed E-state index contributed by atoms with van der Waals surface area (Å²) in [6.07, 6.45) is 3.21. The number of ether oxygens (including phenoxy) is 1. The van der Waals surface area contributed by atoms with E-state index in [1.54, 1.807) is 19.6 Å². The van der Waals surface area contributed by atoms with Crippen LogP contribution in [0.1, 0.15) is 25.5 Å². The predicted molar refractivity (Wildman–Crippen MR) is 47.0 cm³/mol. The summed E-state index contributed by atoms with van der Waals surface area (Å²) in [5.74, 6) is 1.12. The molecule has 3 nitrogen and oxygen atoms in total. The second-order valence-corrected chi connectivity index (χ2v) is 3.17. The van der Waals surface area contributed by atoms with Crippen LogP contribution in [0, 0.1) is 5.92 Å². The van der Waals surface area contributed by atoms with Gasteiger partial charge in [0.05, 0.1) is 13.4 Å². The Hall–Kier alpha value is -0.960. The molecule has 0 aliphatic rings. The van der Waals surface area contributed by atoms with Crippen molar-refractivity contribution >= 4 is 0 Å². The molecule has 0 saturated carbocycles. The molecule has 0 fully saturated rings. The molecule has 0 aromatic carbocycles. The van der Waals surface area contributed by atoms with Gasteiger partial charge in [0.15, 0.2) is 5.75 Å². The Kier molecular flexibility index (Phi) is 2.76. The van der Waals surface area contributed by atoms with E-state index in [2.05, 4.69) is 13.8 Å². The summed E-state index contributed by atoms with van der Waals surface area (Å²) in [7, 11) is 1.61. The lowest BCUT2D eigenvalue weighted by Crippen LogP contribution is -2.16. The lowest BCUT2D eigenvalue weighted by atomic mass is 9.99. The Labute approximate surface area is 72.5 Å². The molecule has 0 saturated heterocycles. The fraction of sp³-hybridized carbons (Fsp3) is 0.556. The molecule has 1 aromatic heterocycles. The molecule has 1 aromatic rings. The van der Waals surface area contributed by atoms with Crippen molar-refractivity contribution in [3.05, 3.63) is 18.1 Å². The van der Waals surface area contributed by atoms with Gasteiger partial charge in [0.2, 0.25) is 0 Å². The van der Waals surface area contributed by atoms with Crippen LogP contribution in [-0.2, 0) is 0 Å². The Morgan fingerprint density at radius 1 is 1.42 bits per heavy atom. The molecule has 1 rings (SSSR count). The summed E-state index contributed by atoms with van der Waals surface area (Å²) in [5, 5.41) is 0. The highest BCUT2D eigenvalue weighted by molar-refractivity contribution is 5.30. The van der Waals surface area contributed by atoms with E-state index in [-0.39, 0.29) is 6.04 Å². The molecule has 3 heteroatoms. The largest absolute Gasteiger partial charge is 0.493 e. The van der Waals surface area contributed by atoms with Crippen LogP contribution in [0.4, 0.5) is 0 Å². The highest BCUT2D eigenvalue weighted by Gasteiger charge is 2.16. The van der Waals surface area contributed by atoms with Crippen molar-refractivity contribution in [3.63, 3.8) is 0 Å². The number of hydrogen-bond donors (Lipinski definition) is 1. The van der Waals surface area contributed by atoms with Crippen molar-refractivity contribution in [2.75, 3.05) is 7.11 Å². The maximum Gasteiger partial charge on any atom is 0.161 e. The summed E-state index contributed by atoms with van der Waals surface area (Å²) >= 11 is 0. The highest BCUT2D eigenvalue weighted by Crippen LogP contribution is 2.28. The standard InChI is InChI=1S/C9H15NO2/c1-6(2)9(10)7-4-12-5-8(7)11-3/h4-6,9H,10H2,1-3H3/t9-/m0/s1. The molecule has 68 valence electrons. The maximum absolute atomic E-state index is 5.92. The molecule has 0 aliphatic carbocycles. The van der Waals surface area contributed by atoms with E-state index < -0.39 is 0 Å². The minimum absolute atomic E-state index is 0.0151. The third kappa shape index (κ3) is 1.61. The first-order valence-corrected chi connectivity index (χ1v) is 4.02. The van der Waals surface area contributed by atoms with E-state index in [0.717, 1.165) is 11.3 Å². The number of nitrogens with two attached hydrogens (primary N) is 1. The van der Waals surface area contributed by atoms with Gasteiger partial charge in [-0.05, 0) is 5.92 Å². The van der Waals surface area contributed by atoms with Gasteiger partial charge in [-0.1, -0.05) is 13.8 Å². The minimum Gasteiger partial charge on any atom is -0.493 e. The summed E-state index contributed by atoms with van der Waals surface area (Å²) in [6, 6.07) is -0.0151. The van der Waals surface area contributed by atoms with Crippen molar-refractivity contribution in [2.45, 2.75) is 19.9 Å². The molecule has 0 radical (unpaired) electrons. The van der Waals surface area contributed by atoms with E-state index in [4.69, 9.17) is 14.9 Å². The van der Waals surface area contributed by atoms with Crippen LogP contribution >= 0.6 is 0 Å². The normalized spacial score (nSPS) is 13.4. The molecule has 0 unspecified atom stereocenters. The molecule has 2 N–H and O–H groups in total. The van der Waals surface area contributed by atoms with Crippen molar-refractivity contribution in [3.8, 4) is 5.75 Å². The van der Waals surface area contributed by atoms with Gasteiger partial charge in [0, 0.05) is 11.6 Å². The van der Waals surface area contributed by atoms with E-state index >= 15 is 0 Å². The van der Waals surface area contributed by atoms with Crippen LogP contribution in [0.2, 0.25) is 0 Å². The number of methoxy groups -OCH3 is 1. The lowest BCUT2D eigenvalue weighted by molar-refractivity contribution is 0.394. The Morgan fingerprint density at radius 3 is 2.58 bits per heavy atom. The Balaban J connectivity index is 2.86. The summed E-state index contributed by atoms with van der Waals surface area (Å²) < 4.78 is 10.1. The second-order valence-electron chi connectivity index (χ2n) is 3.17. The fourth-order valence-electron chi connectivity index (χ4n) is 1.06. The monoisotopic (exact) mass is 169 g/mol. The third-order valence-electron chi connectivity index (χ3n) is 1.95. The molecule has 0 bridgehead atoms. The quantitative estimate of drug-likeness (QED) is 0.752. The summed E-state index contributed by atoms with van der Waals surface area (Å²) in [4.78, 5) is 0.